The van der Waals surface area contributed by atoms with E-state index in [1.54, 1.807) is 11.3 Å². The number of nitrogen functional groups attached to an aromatic ring is 1. The van der Waals surface area contributed by atoms with Crippen LogP contribution in [0.1, 0.15) is 27.3 Å². The van der Waals surface area contributed by atoms with E-state index in [0.29, 0.717) is 5.13 Å². The first kappa shape index (κ1) is 12.1. The van der Waals surface area contributed by atoms with Gasteiger partial charge < -0.3 is 5.73 Å². The van der Waals surface area contributed by atoms with Crippen LogP contribution < -0.4 is 5.73 Å². The van der Waals surface area contributed by atoms with Gasteiger partial charge in [0.2, 0.25) is 0 Å². The first-order valence-corrected chi connectivity index (χ1v) is 6.66. The maximum Gasteiger partial charge on any atom is 0.180 e. The molecule has 1 heterocycles. The molecule has 0 bridgehead atoms. The summed E-state index contributed by atoms with van der Waals surface area (Å²) in [4.78, 5) is 5.62. The summed E-state index contributed by atoms with van der Waals surface area (Å²) in [7, 11) is 0. The second-order valence-corrected chi connectivity index (χ2v) is 5.72. The minimum absolute atomic E-state index is 0.679. The molecule has 0 radical (unpaired) electrons. The standard InChI is InChI=1S/C14H18N2S/c1-9-4-5-10(2)12(8-9)6-7-13-11(3)17-14(15)16-13/h4-5,8H,6-7H2,1-3H3,(H2,15,16). The number of nitrogens with two attached hydrogens (primary N) is 1. The molecule has 2 aromatic rings. The summed E-state index contributed by atoms with van der Waals surface area (Å²) in [5.74, 6) is 0. The fourth-order valence-corrected chi connectivity index (χ4v) is 2.74. The summed E-state index contributed by atoms with van der Waals surface area (Å²) in [5, 5.41) is 0.679. The molecule has 0 spiro atoms. The average Bonchev–Trinajstić information content (AvgIpc) is 2.59. The third-order valence-corrected chi connectivity index (χ3v) is 3.89. The number of aromatic nitrogens is 1. The lowest BCUT2D eigenvalue weighted by Crippen LogP contribution is -1.97. The number of benzene rings is 1. The van der Waals surface area contributed by atoms with Gasteiger partial charge in [0.15, 0.2) is 5.13 Å². The average molecular weight is 246 g/mol. The van der Waals surface area contributed by atoms with Gasteiger partial charge in [0.05, 0.1) is 5.69 Å². The summed E-state index contributed by atoms with van der Waals surface area (Å²) < 4.78 is 0. The summed E-state index contributed by atoms with van der Waals surface area (Å²) in [6.07, 6.45) is 2.02. The number of anilines is 1. The lowest BCUT2D eigenvalue weighted by Gasteiger charge is -2.06. The van der Waals surface area contributed by atoms with E-state index in [-0.39, 0.29) is 0 Å². The van der Waals surface area contributed by atoms with E-state index in [1.807, 2.05) is 0 Å². The number of rotatable bonds is 3. The molecule has 2 nitrogen and oxygen atoms in total. The predicted molar refractivity (Wildman–Crippen MR) is 74.6 cm³/mol. The highest BCUT2D eigenvalue weighted by Crippen LogP contribution is 2.21. The van der Waals surface area contributed by atoms with Crippen LogP contribution >= 0.6 is 11.3 Å². The van der Waals surface area contributed by atoms with Gasteiger partial charge >= 0.3 is 0 Å². The maximum absolute atomic E-state index is 5.71. The molecule has 0 atom stereocenters. The minimum Gasteiger partial charge on any atom is -0.375 e. The third-order valence-electron chi connectivity index (χ3n) is 3.04. The Labute approximate surface area is 107 Å². The van der Waals surface area contributed by atoms with Crippen molar-refractivity contribution in [2.75, 3.05) is 5.73 Å². The van der Waals surface area contributed by atoms with Crippen molar-refractivity contribution in [2.45, 2.75) is 33.6 Å². The minimum atomic E-state index is 0.679. The van der Waals surface area contributed by atoms with E-state index < -0.39 is 0 Å². The summed E-state index contributed by atoms with van der Waals surface area (Å²) in [6.45, 7) is 6.39. The molecule has 0 fully saturated rings. The summed E-state index contributed by atoms with van der Waals surface area (Å²) in [5.41, 5.74) is 10.9. The molecule has 0 amide bonds. The molecular formula is C14H18N2S. The molecule has 0 unspecified atom stereocenters. The predicted octanol–water partition coefficient (Wildman–Crippen LogP) is 3.44. The van der Waals surface area contributed by atoms with Gasteiger partial charge in [-0.25, -0.2) is 4.98 Å². The molecule has 2 N–H and O–H groups in total. The van der Waals surface area contributed by atoms with Crippen LogP contribution in [0.15, 0.2) is 18.2 Å². The number of nitrogens with zero attached hydrogens (tertiary/aromatic N) is 1. The highest BCUT2D eigenvalue weighted by atomic mass is 32.1. The molecule has 0 aliphatic heterocycles. The van der Waals surface area contributed by atoms with Gasteiger partial charge in [0.25, 0.3) is 0 Å². The Bertz CT molecular complexity index is 529. The van der Waals surface area contributed by atoms with Crippen LogP contribution in [-0.2, 0) is 12.8 Å². The van der Waals surface area contributed by atoms with Crippen molar-refractivity contribution < 1.29 is 0 Å². The van der Waals surface area contributed by atoms with Gasteiger partial charge in [-0.2, -0.15) is 0 Å². The molecule has 0 aliphatic carbocycles. The quantitative estimate of drug-likeness (QED) is 0.901. The molecule has 3 heteroatoms. The maximum atomic E-state index is 5.71. The molecule has 90 valence electrons. The van der Waals surface area contributed by atoms with Crippen molar-refractivity contribution in [1.29, 1.82) is 0 Å². The SMILES string of the molecule is Cc1ccc(C)c(CCc2nc(N)sc2C)c1. The van der Waals surface area contributed by atoms with Gasteiger partial charge in [0, 0.05) is 4.88 Å². The number of thiazole rings is 1. The normalized spacial score (nSPS) is 10.8. The monoisotopic (exact) mass is 246 g/mol. The molecule has 0 saturated carbocycles. The second-order valence-electron chi connectivity index (χ2n) is 4.48. The largest absolute Gasteiger partial charge is 0.375 e. The summed E-state index contributed by atoms with van der Waals surface area (Å²) >= 11 is 1.58. The molecule has 17 heavy (non-hydrogen) atoms. The Morgan fingerprint density at radius 2 is 1.94 bits per heavy atom. The second kappa shape index (κ2) is 4.88. The Balaban J connectivity index is 2.12. The van der Waals surface area contributed by atoms with Gasteiger partial charge in [-0.3, -0.25) is 0 Å². The van der Waals surface area contributed by atoms with E-state index >= 15 is 0 Å². The van der Waals surface area contributed by atoms with Crippen LogP contribution in [0.5, 0.6) is 0 Å². The van der Waals surface area contributed by atoms with Crippen LogP contribution in [-0.4, -0.2) is 4.98 Å². The smallest absolute Gasteiger partial charge is 0.180 e. The van der Waals surface area contributed by atoms with Crippen LogP contribution in [0.2, 0.25) is 0 Å². The Morgan fingerprint density at radius 3 is 2.59 bits per heavy atom. The van der Waals surface area contributed by atoms with E-state index in [2.05, 4.69) is 44.0 Å². The highest BCUT2D eigenvalue weighted by molar-refractivity contribution is 7.15. The molecule has 0 aliphatic rings. The van der Waals surface area contributed by atoms with Gasteiger partial charge in [0.1, 0.15) is 0 Å². The first-order chi connectivity index (χ1) is 8.06. The van der Waals surface area contributed by atoms with Crippen molar-refractivity contribution in [3.05, 3.63) is 45.5 Å². The zero-order valence-electron chi connectivity index (χ0n) is 10.6. The number of hydrogen-bond donors (Lipinski definition) is 1. The molecule has 2 rings (SSSR count). The number of hydrogen-bond acceptors (Lipinski definition) is 3. The zero-order valence-corrected chi connectivity index (χ0v) is 11.4. The van der Waals surface area contributed by atoms with Crippen molar-refractivity contribution in [3.63, 3.8) is 0 Å². The van der Waals surface area contributed by atoms with Crippen LogP contribution in [0.3, 0.4) is 0 Å². The van der Waals surface area contributed by atoms with E-state index in [4.69, 9.17) is 5.73 Å². The van der Waals surface area contributed by atoms with Gasteiger partial charge in [-0.1, -0.05) is 23.8 Å². The van der Waals surface area contributed by atoms with Crippen LogP contribution in [0.4, 0.5) is 5.13 Å². The molecule has 0 saturated heterocycles. The fraction of sp³-hybridized carbons (Fsp3) is 0.357. The van der Waals surface area contributed by atoms with Crippen LogP contribution in [0, 0.1) is 20.8 Å². The molecular weight excluding hydrogens is 228 g/mol. The van der Waals surface area contributed by atoms with Crippen molar-refractivity contribution in [3.8, 4) is 0 Å². The lowest BCUT2D eigenvalue weighted by molar-refractivity contribution is 0.909. The fourth-order valence-electron chi connectivity index (χ4n) is 2.00. The first-order valence-electron chi connectivity index (χ1n) is 5.84. The Kier molecular flexibility index (Phi) is 3.48. The zero-order chi connectivity index (χ0) is 12.4. The Morgan fingerprint density at radius 1 is 1.18 bits per heavy atom. The number of aryl methyl sites for hydroxylation is 5. The van der Waals surface area contributed by atoms with E-state index in [0.717, 1.165) is 18.5 Å². The van der Waals surface area contributed by atoms with Gasteiger partial charge in [-0.15, -0.1) is 11.3 Å². The topological polar surface area (TPSA) is 38.9 Å². The third kappa shape index (κ3) is 2.86. The van der Waals surface area contributed by atoms with E-state index in [9.17, 15) is 0 Å². The van der Waals surface area contributed by atoms with Gasteiger partial charge in [-0.05, 0) is 44.7 Å². The van der Waals surface area contributed by atoms with Crippen molar-refractivity contribution in [1.82, 2.24) is 4.98 Å². The van der Waals surface area contributed by atoms with Crippen molar-refractivity contribution in [2.24, 2.45) is 0 Å². The van der Waals surface area contributed by atoms with E-state index in [1.165, 1.54) is 21.6 Å². The lowest BCUT2D eigenvalue weighted by atomic mass is 10.0. The molecule has 1 aromatic carbocycles. The van der Waals surface area contributed by atoms with Crippen molar-refractivity contribution >= 4 is 16.5 Å². The Hall–Kier alpha value is -1.35. The molecule has 1 aromatic heterocycles. The summed E-state index contributed by atoms with van der Waals surface area (Å²) in [6, 6.07) is 6.61. The highest BCUT2D eigenvalue weighted by Gasteiger charge is 2.06. The van der Waals surface area contributed by atoms with Crippen LogP contribution in [0.25, 0.3) is 0 Å².